The molecule has 1 aromatic heterocycles. The molecule has 8 heteroatoms. The zero-order valence-corrected chi connectivity index (χ0v) is 20.9. The van der Waals surface area contributed by atoms with E-state index in [0.29, 0.717) is 0 Å². The normalized spacial score (nSPS) is 19.0. The highest BCUT2D eigenvalue weighted by Gasteiger charge is 2.24. The SMILES string of the molecule is Oc1ccc(OCCCCCN2CCN(c3cc(N4CCCC4)nc(N4CCCC4)n3)CC2)cc1. The molecule has 0 spiro atoms. The third-order valence-electron chi connectivity index (χ3n) is 7.43. The minimum absolute atomic E-state index is 0.274. The van der Waals surface area contributed by atoms with Gasteiger partial charge in [-0.3, -0.25) is 4.90 Å². The van der Waals surface area contributed by atoms with E-state index in [9.17, 15) is 5.11 Å². The Morgan fingerprint density at radius 1 is 0.686 bits per heavy atom. The van der Waals surface area contributed by atoms with E-state index in [1.807, 2.05) is 12.1 Å². The number of aromatic nitrogens is 2. The maximum absolute atomic E-state index is 9.34. The summed E-state index contributed by atoms with van der Waals surface area (Å²) in [5.74, 6) is 4.25. The van der Waals surface area contributed by atoms with Crippen LogP contribution in [-0.4, -0.2) is 85.5 Å². The van der Waals surface area contributed by atoms with Crippen molar-refractivity contribution < 1.29 is 9.84 Å². The Bertz CT molecular complexity index is 886. The van der Waals surface area contributed by atoms with Gasteiger partial charge in [0.15, 0.2) is 0 Å². The molecule has 35 heavy (non-hydrogen) atoms. The van der Waals surface area contributed by atoms with Gasteiger partial charge in [0.05, 0.1) is 6.61 Å². The van der Waals surface area contributed by atoms with Crippen molar-refractivity contribution in [2.45, 2.75) is 44.9 Å². The summed E-state index contributed by atoms with van der Waals surface area (Å²) in [5.41, 5.74) is 0. The summed E-state index contributed by atoms with van der Waals surface area (Å²) in [6.45, 7) is 10.5. The Kier molecular flexibility index (Phi) is 8.08. The van der Waals surface area contributed by atoms with E-state index in [1.165, 1.54) is 38.5 Å². The number of unbranched alkanes of at least 4 members (excludes halogenated alkanes) is 2. The van der Waals surface area contributed by atoms with Crippen molar-refractivity contribution in [2.24, 2.45) is 0 Å². The molecule has 0 bridgehead atoms. The molecule has 3 aliphatic rings. The van der Waals surface area contributed by atoms with Crippen LogP contribution in [-0.2, 0) is 0 Å². The molecule has 3 aliphatic heterocycles. The highest BCUT2D eigenvalue weighted by Crippen LogP contribution is 2.28. The minimum Gasteiger partial charge on any atom is -0.508 e. The predicted octanol–water partition coefficient (Wildman–Crippen LogP) is 3.75. The van der Waals surface area contributed by atoms with Gasteiger partial charge in [-0.05, 0) is 75.8 Å². The predicted molar refractivity (Wildman–Crippen MR) is 141 cm³/mol. The van der Waals surface area contributed by atoms with Crippen LogP contribution in [0, 0.1) is 0 Å². The van der Waals surface area contributed by atoms with Gasteiger partial charge in [0.1, 0.15) is 23.1 Å². The average Bonchev–Trinajstić information content (AvgIpc) is 3.62. The van der Waals surface area contributed by atoms with Gasteiger partial charge < -0.3 is 24.5 Å². The molecule has 0 amide bonds. The van der Waals surface area contributed by atoms with Crippen LogP contribution < -0.4 is 19.4 Å². The van der Waals surface area contributed by atoms with Crippen molar-refractivity contribution in [1.82, 2.24) is 14.9 Å². The van der Waals surface area contributed by atoms with Crippen LogP contribution in [0.25, 0.3) is 0 Å². The van der Waals surface area contributed by atoms with Crippen molar-refractivity contribution in [3.63, 3.8) is 0 Å². The quantitative estimate of drug-likeness (QED) is 0.516. The Morgan fingerprint density at radius 2 is 1.29 bits per heavy atom. The lowest BCUT2D eigenvalue weighted by Gasteiger charge is -2.36. The molecule has 0 atom stereocenters. The minimum atomic E-state index is 0.274. The molecule has 3 saturated heterocycles. The molecule has 0 saturated carbocycles. The molecule has 5 rings (SSSR count). The highest BCUT2D eigenvalue weighted by molar-refractivity contribution is 5.56. The largest absolute Gasteiger partial charge is 0.508 e. The number of anilines is 3. The summed E-state index contributed by atoms with van der Waals surface area (Å²) in [6.07, 6.45) is 8.44. The first-order valence-electron chi connectivity index (χ1n) is 13.5. The van der Waals surface area contributed by atoms with E-state index in [2.05, 4.69) is 25.7 Å². The highest BCUT2D eigenvalue weighted by atomic mass is 16.5. The van der Waals surface area contributed by atoms with Crippen LogP contribution in [0.3, 0.4) is 0 Å². The average molecular weight is 481 g/mol. The van der Waals surface area contributed by atoms with E-state index >= 15 is 0 Å². The summed E-state index contributed by atoms with van der Waals surface area (Å²) in [4.78, 5) is 19.9. The molecule has 4 heterocycles. The smallest absolute Gasteiger partial charge is 0.229 e. The number of rotatable bonds is 10. The summed E-state index contributed by atoms with van der Waals surface area (Å²) < 4.78 is 5.76. The number of piperazine rings is 1. The van der Waals surface area contributed by atoms with Crippen molar-refractivity contribution in [3.05, 3.63) is 30.3 Å². The number of ether oxygens (including phenoxy) is 1. The molecule has 1 N–H and O–H groups in total. The molecular formula is C27H40N6O2. The van der Waals surface area contributed by atoms with Gasteiger partial charge in [-0.1, -0.05) is 0 Å². The lowest BCUT2D eigenvalue weighted by Crippen LogP contribution is -2.47. The summed E-state index contributed by atoms with van der Waals surface area (Å²) in [5, 5.41) is 9.34. The number of hydrogen-bond acceptors (Lipinski definition) is 8. The standard InChI is InChI=1S/C27H40N6O2/c34-23-8-10-24(11-9-23)35-21-7-1-2-12-30-17-19-32(20-18-30)26-22-25(31-13-3-4-14-31)28-27(29-26)33-15-5-6-16-33/h8-11,22,34H,1-7,12-21H2. The van der Waals surface area contributed by atoms with Crippen LogP contribution in [0.15, 0.2) is 30.3 Å². The van der Waals surface area contributed by atoms with E-state index in [4.69, 9.17) is 14.7 Å². The zero-order chi connectivity index (χ0) is 23.9. The van der Waals surface area contributed by atoms with Crippen LogP contribution >= 0.6 is 0 Å². The van der Waals surface area contributed by atoms with E-state index in [1.54, 1.807) is 12.1 Å². The summed E-state index contributed by atoms with van der Waals surface area (Å²) in [7, 11) is 0. The number of hydrogen-bond donors (Lipinski definition) is 1. The topological polar surface area (TPSA) is 68.2 Å². The lowest BCUT2D eigenvalue weighted by molar-refractivity contribution is 0.245. The number of nitrogens with zero attached hydrogens (tertiary/aromatic N) is 6. The third kappa shape index (κ3) is 6.48. The number of benzene rings is 1. The van der Waals surface area contributed by atoms with E-state index in [-0.39, 0.29) is 5.75 Å². The maximum atomic E-state index is 9.34. The van der Waals surface area contributed by atoms with Crippen molar-refractivity contribution >= 4 is 17.6 Å². The van der Waals surface area contributed by atoms with Crippen molar-refractivity contribution in [1.29, 1.82) is 0 Å². The monoisotopic (exact) mass is 480 g/mol. The molecule has 0 aliphatic carbocycles. The van der Waals surface area contributed by atoms with Gasteiger partial charge in [0.25, 0.3) is 0 Å². The zero-order valence-electron chi connectivity index (χ0n) is 20.9. The molecule has 1 aromatic carbocycles. The number of phenols is 1. The van der Waals surface area contributed by atoms with Gasteiger partial charge >= 0.3 is 0 Å². The summed E-state index contributed by atoms with van der Waals surface area (Å²) >= 11 is 0. The molecular weight excluding hydrogens is 440 g/mol. The fourth-order valence-electron chi connectivity index (χ4n) is 5.29. The summed E-state index contributed by atoms with van der Waals surface area (Å²) in [6, 6.07) is 9.19. The van der Waals surface area contributed by atoms with Gasteiger partial charge in [-0.2, -0.15) is 9.97 Å². The molecule has 2 aromatic rings. The second kappa shape index (κ2) is 11.8. The Balaban J connectivity index is 1.07. The first-order valence-corrected chi connectivity index (χ1v) is 13.5. The number of phenolic OH excluding ortho intramolecular Hbond substituents is 1. The van der Waals surface area contributed by atoms with Crippen LogP contribution in [0.1, 0.15) is 44.9 Å². The third-order valence-corrected chi connectivity index (χ3v) is 7.43. The molecule has 3 fully saturated rings. The fraction of sp³-hybridized carbons (Fsp3) is 0.630. The van der Waals surface area contributed by atoms with Crippen LogP contribution in [0.4, 0.5) is 17.6 Å². The van der Waals surface area contributed by atoms with Crippen LogP contribution in [0.2, 0.25) is 0 Å². The number of aromatic hydroxyl groups is 1. The van der Waals surface area contributed by atoms with E-state index in [0.717, 1.165) is 95.3 Å². The first-order chi connectivity index (χ1) is 17.2. The second-order valence-electron chi connectivity index (χ2n) is 10.0. The van der Waals surface area contributed by atoms with Gasteiger partial charge in [-0.15, -0.1) is 0 Å². The maximum Gasteiger partial charge on any atom is 0.229 e. The first kappa shape index (κ1) is 24.0. The Labute approximate surface area is 209 Å². The lowest BCUT2D eigenvalue weighted by atomic mass is 10.2. The Morgan fingerprint density at radius 3 is 1.94 bits per heavy atom. The molecule has 8 nitrogen and oxygen atoms in total. The molecule has 0 unspecified atom stereocenters. The fourth-order valence-corrected chi connectivity index (χ4v) is 5.29. The van der Waals surface area contributed by atoms with Gasteiger partial charge in [-0.25, -0.2) is 0 Å². The second-order valence-corrected chi connectivity index (χ2v) is 10.0. The van der Waals surface area contributed by atoms with E-state index < -0.39 is 0 Å². The molecule has 190 valence electrons. The Hall–Kier alpha value is -2.74. The molecule has 0 radical (unpaired) electrons. The van der Waals surface area contributed by atoms with Gasteiger partial charge in [0, 0.05) is 58.4 Å². The van der Waals surface area contributed by atoms with Crippen LogP contribution in [0.5, 0.6) is 11.5 Å². The van der Waals surface area contributed by atoms with Crippen molar-refractivity contribution in [2.75, 3.05) is 80.2 Å². The van der Waals surface area contributed by atoms with Crippen molar-refractivity contribution in [3.8, 4) is 11.5 Å². The van der Waals surface area contributed by atoms with Gasteiger partial charge in [0.2, 0.25) is 5.95 Å².